The second kappa shape index (κ2) is 6.71. The predicted octanol–water partition coefficient (Wildman–Crippen LogP) is 1.68. The second-order valence-electron chi connectivity index (χ2n) is 4.43. The van der Waals surface area contributed by atoms with Crippen molar-refractivity contribution < 1.29 is 22.7 Å². The van der Waals surface area contributed by atoms with Crippen molar-refractivity contribution >= 4 is 5.91 Å². The van der Waals surface area contributed by atoms with E-state index in [0.717, 1.165) is 0 Å². The molecular weight excluding hydrogens is 273 g/mol. The van der Waals surface area contributed by atoms with Crippen LogP contribution in [0.4, 0.5) is 13.2 Å². The maximum atomic E-state index is 11.9. The minimum absolute atomic E-state index is 0.0181. The molecule has 1 aromatic carbocycles. The Morgan fingerprint density at radius 3 is 2.15 bits per heavy atom. The molecule has 0 radical (unpaired) electrons. The van der Waals surface area contributed by atoms with Crippen molar-refractivity contribution in [1.82, 2.24) is 0 Å². The van der Waals surface area contributed by atoms with Gasteiger partial charge in [-0.2, -0.15) is 13.2 Å². The van der Waals surface area contributed by atoms with Gasteiger partial charge in [0.05, 0.1) is 13.0 Å². The first-order valence-corrected chi connectivity index (χ1v) is 6.04. The van der Waals surface area contributed by atoms with E-state index in [-0.39, 0.29) is 13.0 Å². The van der Waals surface area contributed by atoms with Crippen molar-refractivity contribution in [3.63, 3.8) is 0 Å². The zero-order valence-corrected chi connectivity index (χ0v) is 10.8. The molecule has 1 unspecified atom stereocenters. The van der Waals surface area contributed by atoms with Crippen molar-refractivity contribution in [1.29, 1.82) is 0 Å². The zero-order chi connectivity index (χ0) is 15.2. The molecule has 0 spiro atoms. The van der Waals surface area contributed by atoms with Crippen LogP contribution in [0.25, 0.3) is 0 Å². The summed E-state index contributed by atoms with van der Waals surface area (Å²) in [5.74, 6) is -0.747. The van der Waals surface area contributed by atoms with Gasteiger partial charge in [0, 0.05) is 13.0 Å². The average Bonchev–Trinajstić information content (AvgIpc) is 2.37. The Kier molecular flexibility index (Phi) is 5.52. The number of benzene rings is 1. The SMILES string of the molecule is NC(=O)C(N)(CCOCCC(F)(F)F)c1ccccc1. The van der Waals surface area contributed by atoms with Crippen LogP contribution >= 0.6 is 0 Å². The van der Waals surface area contributed by atoms with E-state index in [1.165, 1.54) is 0 Å². The molecule has 20 heavy (non-hydrogen) atoms. The summed E-state index contributed by atoms with van der Waals surface area (Å²) < 4.78 is 40.7. The molecule has 0 saturated carbocycles. The van der Waals surface area contributed by atoms with Crippen LogP contribution in [-0.2, 0) is 15.1 Å². The largest absolute Gasteiger partial charge is 0.391 e. The molecule has 0 bridgehead atoms. The molecule has 0 aromatic heterocycles. The number of hydrogen-bond donors (Lipinski definition) is 2. The molecule has 0 fully saturated rings. The van der Waals surface area contributed by atoms with Crippen LogP contribution in [0.1, 0.15) is 18.4 Å². The first kappa shape index (κ1) is 16.5. The number of ether oxygens (including phenoxy) is 1. The fraction of sp³-hybridized carbons (Fsp3) is 0.462. The van der Waals surface area contributed by atoms with E-state index in [1.54, 1.807) is 30.3 Å². The van der Waals surface area contributed by atoms with Crippen molar-refractivity contribution in [2.75, 3.05) is 13.2 Å². The van der Waals surface area contributed by atoms with E-state index in [1.807, 2.05) is 0 Å². The number of rotatable bonds is 7. The van der Waals surface area contributed by atoms with E-state index in [9.17, 15) is 18.0 Å². The van der Waals surface area contributed by atoms with Crippen LogP contribution in [0.15, 0.2) is 30.3 Å². The average molecular weight is 290 g/mol. The normalized spacial score (nSPS) is 14.8. The third-order valence-electron chi connectivity index (χ3n) is 2.90. The van der Waals surface area contributed by atoms with Crippen molar-refractivity contribution in [2.45, 2.75) is 24.6 Å². The van der Waals surface area contributed by atoms with Gasteiger partial charge in [-0.15, -0.1) is 0 Å². The number of amides is 1. The summed E-state index contributed by atoms with van der Waals surface area (Å²) in [5, 5.41) is 0. The Morgan fingerprint density at radius 2 is 1.65 bits per heavy atom. The molecular formula is C13H17F3N2O2. The highest BCUT2D eigenvalue weighted by atomic mass is 19.4. The number of carbonyl (C=O) groups excluding carboxylic acids is 1. The maximum Gasteiger partial charge on any atom is 0.391 e. The Morgan fingerprint density at radius 1 is 1.10 bits per heavy atom. The smallest absolute Gasteiger partial charge is 0.381 e. The van der Waals surface area contributed by atoms with Gasteiger partial charge in [-0.1, -0.05) is 30.3 Å². The Hall–Kier alpha value is -1.60. The molecule has 0 aliphatic heterocycles. The fourth-order valence-electron chi connectivity index (χ4n) is 1.67. The molecule has 1 rings (SSSR count). The molecule has 0 heterocycles. The first-order chi connectivity index (χ1) is 9.26. The van der Waals surface area contributed by atoms with Gasteiger partial charge < -0.3 is 16.2 Å². The highest BCUT2D eigenvalue weighted by Crippen LogP contribution is 2.23. The topological polar surface area (TPSA) is 78.3 Å². The summed E-state index contributed by atoms with van der Waals surface area (Å²) in [6.07, 6.45) is -5.28. The quantitative estimate of drug-likeness (QED) is 0.750. The lowest BCUT2D eigenvalue weighted by Crippen LogP contribution is -2.49. The van der Waals surface area contributed by atoms with Crippen LogP contribution in [0.3, 0.4) is 0 Å². The number of halogens is 3. The molecule has 112 valence electrons. The number of carbonyl (C=O) groups is 1. The third-order valence-corrected chi connectivity index (χ3v) is 2.90. The number of hydrogen-bond acceptors (Lipinski definition) is 3. The summed E-state index contributed by atoms with van der Waals surface area (Å²) in [4.78, 5) is 11.5. The highest BCUT2D eigenvalue weighted by molar-refractivity contribution is 5.85. The first-order valence-electron chi connectivity index (χ1n) is 6.04. The van der Waals surface area contributed by atoms with Crippen LogP contribution in [0.2, 0.25) is 0 Å². The molecule has 1 amide bonds. The monoisotopic (exact) mass is 290 g/mol. The highest BCUT2D eigenvalue weighted by Gasteiger charge is 2.33. The van der Waals surface area contributed by atoms with Gasteiger partial charge in [-0.05, 0) is 5.56 Å². The Bertz CT molecular complexity index is 437. The summed E-state index contributed by atoms with van der Waals surface area (Å²) >= 11 is 0. The number of primary amides is 1. The van der Waals surface area contributed by atoms with Gasteiger partial charge in [0.25, 0.3) is 0 Å². The fourth-order valence-corrected chi connectivity index (χ4v) is 1.67. The molecule has 1 aromatic rings. The van der Waals surface area contributed by atoms with Gasteiger partial charge in [-0.3, -0.25) is 4.79 Å². The summed E-state index contributed by atoms with van der Waals surface area (Å²) in [6, 6.07) is 8.43. The van der Waals surface area contributed by atoms with Crippen LogP contribution < -0.4 is 11.5 Å². The molecule has 0 saturated heterocycles. The molecule has 4 N–H and O–H groups in total. The Labute approximate surface area is 114 Å². The molecule has 7 heteroatoms. The van der Waals surface area contributed by atoms with Gasteiger partial charge in [0.15, 0.2) is 0 Å². The van der Waals surface area contributed by atoms with Crippen molar-refractivity contribution in [3.05, 3.63) is 35.9 Å². The van der Waals surface area contributed by atoms with E-state index in [4.69, 9.17) is 16.2 Å². The second-order valence-corrected chi connectivity index (χ2v) is 4.43. The predicted molar refractivity (Wildman–Crippen MR) is 67.6 cm³/mol. The Balaban J connectivity index is 2.55. The van der Waals surface area contributed by atoms with E-state index >= 15 is 0 Å². The zero-order valence-electron chi connectivity index (χ0n) is 10.8. The van der Waals surface area contributed by atoms with Crippen molar-refractivity contribution in [3.8, 4) is 0 Å². The van der Waals surface area contributed by atoms with Gasteiger partial charge >= 0.3 is 6.18 Å². The molecule has 0 aliphatic rings. The van der Waals surface area contributed by atoms with Crippen LogP contribution in [0.5, 0.6) is 0 Å². The molecule has 4 nitrogen and oxygen atoms in total. The standard InChI is InChI=1S/C13H17F3N2O2/c14-13(15,16)7-9-20-8-6-12(18,11(17)19)10-4-2-1-3-5-10/h1-5H,6-9,18H2,(H2,17,19). The third kappa shape index (κ3) is 4.82. The summed E-state index contributed by atoms with van der Waals surface area (Å²) in [7, 11) is 0. The lowest BCUT2D eigenvalue weighted by Gasteiger charge is -2.26. The van der Waals surface area contributed by atoms with E-state index < -0.39 is 30.7 Å². The molecule has 0 aliphatic carbocycles. The van der Waals surface area contributed by atoms with Gasteiger partial charge in [0.2, 0.25) is 5.91 Å². The maximum absolute atomic E-state index is 11.9. The van der Waals surface area contributed by atoms with Crippen molar-refractivity contribution in [2.24, 2.45) is 11.5 Å². The lowest BCUT2D eigenvalue weighted by molar-refractivity contribution is -0.146. The van der Waals surface area contributed by atoms with Crippen LogP contribution in [0, 0.1) is 0 Å². The van der Waals surface area contributed by atoms with Gasteiger partial charge in [0.1, 0.15) is 5.54 Å². The lowest BCUT2D eigenvalue weighted by atomic mass is 9.87. The summed E-state index contributed by atoms with van der Waals surface area (Å²) in [6.45, 7) is -0.544. The van der Waals surface area contributed by atoms with E-state index in [0.29, 0.717) is 5.56 Å². The van der Waals surface area contributed by atoms with E-state index in [2.05, 4.69) is 0 Å². The molecule has 1 atom stereocenters. The summed E-state index contributed by atoms with van der Waals surface area (Å²) in [5.41, 5.74) is 10.3. The minimum Gasteiger partial charge on any atom is -0.381 e. The number of nitrogens with two attached hydrogens (primary N) is 2. The number of alkyl halides is 3. The minimum atomic E-state index is -4.26. The van der Waals surface area contributed by atoms with Gasteiger partial charge in [-0.25, -0.2) is 0 Å². The van der Waals surface area contributed by atoms with Crippen LogP contribution in [-0.4, -0.2) is 25.3 Å².